The Morgan fingerprint density at radius 1 is 1.45 bits per heavy atom. The number of hydrogen-bond acceptors (Lipinski definition) is 5. The molecule has 1 amide bonds. The largest absolute Gasteiger partial charge is 0.423 e. The summed E-state index contributed by atoms with van der Waals surface area (Å²) in [5.41, 5.74) is 7.95. The lowest BCUT2D eigenvalue weighted by molar-refractivity contribution is -0.120. The number of aromatic nitrogens is 1. The van der Waals surface area contributed by atoms with Crippen LogP contribution in [0.3, 0.4) is 0 Å². The molecule has 1 aromatic heterocycles. The van der Waals surface area contributed by atoms with Gasteiger partial charge in [-0.1, -0.05) is 6.42 Å². The fourth-order valence-corrected chi connectivity index (χ4v) is 3.08. The zero-order valence-corrected chi connectivity index (χ0v) is 13.0. The van der Waals surface area contributed by atoms with E-state index in [4.69, 9.17) is 10.2 Å². The second-order valence-corrected chi connectivity index (χ2v) is 6.10. The van der Waals surface area contributed by atoms with Gasteiger partial charge in [0.1, 0.15) is 5.52 Å². The van der Waals surface area contributed by atoms with E-state index in [2.05, 4.69) is 10.3 Å². The fourth-order valence-electron chi connectivity index (χ4n) is 3.08. The Balaban J connectivity index is 1.77. The van der Waals surface area contributed by atoms with Gasteiger partial charge in [-0.25, -0.2) is 0 Å². The number of nitrogens with one attached hydrogen (secondary N) is 1. The molecule has 0 unspecified atom stereocenters. The molecule has 1 fully saturated rings. The molecule has 0 radical (unpaired) electrons. The molecule has 1 aliphatic carbocycles. The number of nitrogens with two attached hydrogens (primary N) is 1. The Morgan fingerprint density at radius 3 is 3.00 bits per heavy atom. The Kier molecular flexibility index (Phi) is 4.02. The number of carbonyl (C=O) groups is 1. The Labute approximate surface area is 129 Å². The maximum absolute atomic E-state index is 12.4. The zero-order chi connectivity index (χ0) is 15.7. The van der Waals surface area contributed by atoms with Crippen molar-refractivity contribution in [3.8, 4) is 0 Å². The molecule has 1 aliphatic rings. The molecule has 1 heterocycles. The molecular weight excluding hydrogens is 280 g/mol. The summed E-state index contributed by atoms with van der Waals surface area (Å²) in [7, 11) is 3.75. The molecule has 0 bridgehead atoms. The Morgan fingerprint density at radius 2 is 2.27 bits per heavy atom. The number of rotatable bonds is 4. The van der Waals surface area contributed by atoms with Gasteiger partial charge in [0.05, 0.1) is 0 Å². The van der Waals surface area contributed by atoms with Gasteiger partial charge in [0.2, 0.25) is 5.91 Å². The molecule has 0 saturated heterocycles. The highest BCUT2D eigenvalue weighted by atomic mass is 16.4. The van der Waals surface area contributed by atoms with E-state index in [1.54, 1.807) is 0 Å². The molecule has 118 valence electrons. The van der Waals surface area contributed by atoms with E-state index in [0.29, 0.717) is 24.1 Å². The molecule has 6 nitrogen and oxygen atoms in total. The van der Waals surface area contributed by atoms with Gasteiger partial charge in [-0.05, 0) is 43.5 Å². The van der Waals surface area contributed by atoms with Crippen molar-refractivity contribution in [2.45, 2.75) is 19.3 Å². The Bertz CT molecular complexity index is 680. The zero-order valence-electron chi connectivity index (χ0n) is 13.0. The molecule has 2 aromatic rings. The van der Waals surface area contributed by atoms with Gasteiger partial charge in [0.15, 0.2) is 5.58 Å². The molecule has 1 aromatic carbocycles. The summed E-state index contributed by atoms with van der Waals surface area (Å²) < 4.78 is 5.61. The normalized spacial score (nSPS) is 21.2. The van der Waals surface area contributed by atoms with Crippen molar-refractivity contribution in [2.75, 3.05) is 30.9 Å². The summed E-state index contributed by atoms with van der Waals surface area (Å²) in [6.07, 6.45) is 3.04. The number of amides is 1. The number of carbonyl (C=O) groups excluding carboxylic acids is 1. The second kappa shape index (κ2) is 5.96. The smallest absolute Gasteiger partial charge is 0.297 e. The maximum atomic E-state index is 12.4. The van der Waals surface area contributed by atoms with Crippen LogP contribution in [0.4, 0.5) is 11.7 Å². The van der Waals surface area contributed by atoms with Crippen LogP contribution in [0.25, 0.3) is 11.1 Å². The maximum Gasteiger partial charge on any atom is 0.297 e. The van der Waals surface area contributed by atoms with Crippen molar-refractivity contribution in [3.05, 3.63) is 18.2 Å². The van der Waals surface area contributed by atoms with Crippen LogP contribution in [-0.2, 0) is 4.79 Å². The van der Waals surface area contributed by atoms with Gasteiger partial charge in [0.25, 0.3) is 6.01 Å². The van der Waals surface area contributed by atoms with Crippen molar-refractivity contribution in [1.29, 1.82) is 0 Å². The van der Waals surface area contributed by atoms with Crippen LogP contribution in [0.15, 0.2) is 22.6 Å². The predicted molar refractivity (Wildman–Crippen MR) is 86.9 cm³/mol. The highest BCUT2D eigenvalue weighted by Gasteiger charge is 2.31. The minimum absolute atomic E-state index is 0.0235. The minimum atomic E-state index is 0.0235. The first-order valence-corrected chi connectivity index (χ1v) is 7.67. The van der Waals surface area contributed by atoms with E-state index >= 15 is 0 Å². The van der Waals surface area contributed by atoms with Crippen molar-refractivity contribution >= 4 is 28.7 Å². The number of anilines is 2. The van der Waals surface area contributed by atoms with E-state index in [1.165, 1.54) is 0 Å². The number of fused-ring (bicyclic) bond motifs is 1. The summed E-state index contributed by atoms with van der Waals surface area (Å²) in [6.45, 7) is 0.576. The molecule has 0 aliphatic heterocycles. The fraction of sp³-hybridized carbons (Fsp3) is 0.500. The lowest BCUT2D eigenvalue weighted by Gasteiger charge is -2.17. The molecular formula is C16H22N4O2. The molecule has 6 heteroatoms. The summed E-state index contributed by atoms with van der Waals surface area (Å²) in [6, 6.07) is 6.07. The van der Waals surface area contributed by atoms with Gasteiger partial charge in [-0.2, -0.15) is 4.98 Å². The van der Waals surface area contributed by atoms with Crippen LogP contribution in [0.1, 0.15) is 19.3 Å². The van der Waals surface area contributed by atoms with E-state index in [0.717, 1.165) is 30.5 Å². The standard InChI is InChI=1S/C16H22N4O2/c1-20(2)16-19-13-8-11(6-7-14(13)22-16)18-15(21)12-5-3-4-10(12)9-17/h6-8,10,12H,3-5,9,17H2,1-2H3,(H,18,21)/t10-,12-/m1/s1. The number of nitrogens with zero attached hydrogens (tertiary/aromatic N) is 2. The quantitative estimate of drug-likeness (QED) is 0.904. The van der Waals surface area contributed by atoms with Gasteiger partial charge in [0, 0.05) is 25.7 Å². The highest BCUT2D eigenvalue weighted by molar-refractivity contribution is 5.94. The Hall–Kier alpha value is -2.08. The second-order valence-electron chi connectivity index (χ2n) is 6.10. The first kappa shape index (κ1) is 14.8. The number of hydrogen-bond donors (Lipinski definition) is 2. The van der Waals surface area contributed by atoms with Crippen molar-refractivity contribution in [3.63, 3.8) is 0 Å². The third-order valence-electron chi connectivity index (χ3n) is 4.32. The van der Waals surface area contributed by atoms with Crippen LogP contribution in [0, 0.1) is 11.8 Å². The summed E-state index contributed by atoms with van der Waals surface area (Å²) in [5.74, 6) is 0.384. The topological polar surface area (TPSA) is 84.4 Å². The summed E-state index contributed by atoms with van der Waals surface area (Å²) in [5, 5.41) is 2.99. The average molecular weight is 302 g/mol. The predicted octanol–water partition coefficient (Wildman–Crippen LogP) is 2.21. The van der Waals surface area contributed by atoms with E-state index in [1.807, 2.05) is 37.2 Å². The van der Waals surface area contributed by atoms with Gasteiger partial charge < -0.3 is 20.4 Å². The van der Waals surface area contributed by atoms with E-state index < -0.39 is 0 Å². The van der Waals surface area contributed by atoms with Gasteiger partial charge >= 0.3 is 0 Å². The van der Waals surface area contributed by atoms with Crippen LogP contribution in [-0.4, -0.2) is 31.5 Å². The average Bonchev–Trinajstić information content (AvgIpc) is 3.12. The minimum Gasteiger partial charge on any atom is -0.423 e. The molecule has 1 saturated carbocycles. The number of oxazole rings is 1. The lowest BCUT2D eigenvalue weighted by atomic mass is 9.95. The SMILES string of the molecule is CN(C)c1nc2cc(NC(=O)[C@@H]3CCC[C@@H]3CN)ccc2o1. The first-order valence-electron chi connectivity index (χ1n) is 7.67. The van der Waals surface area contributed by atoms with E-state index in [-0.39, 0.29) is 11.8 Å². The third-order valence-corrected chi connectivity index (χ3v) is 4.32. The van der Waals surface area contributed by atoms with E-state index in [9.17, 15) is 4.79 Å². The van der Waals surface area contributed by atoms with Crippen LogP contribution >= 0.6 is 0 Å². The van der Waals surface area contributed by atoms with Crippen molar-refractivity contribution in [2.24, 2.45) is 17.6 Å². The number of benzene rings is 1. The lowest BCUT2D eigenvalue weighted by Crippen LogP contribution is -2.29. The summed E-state index contributed by atoms with van der Waals surface area (Å²) in [4.78, 5) is 18.6. The van der Waals surface area contributed by atoms with Gasteiger partial charge in [-0.15, -0.1) is 0 Å². The molecule has 2 atom stereocenters. The van der Waals surface area contributed by atoms with Crippen LogP contribution in [0.5, 0.6) is 0 Å². The molecule has 0 spiro atoms. The third kappa shape index (κ3) is 2.78. The highest BCUT2D eigenvalue weighted by Crippen LogP contribution is 2.32. The molecule has 3 rings (SSSR count). The van der Waals surface area contributed by atoms with Crippen molar-refractivity contribution in [1.82, 2.24) is 4.98 Å². The summed E-state index contributed by atoms with van der Waals surface area (Å²) >= 11 is 0. The molecule has 3 N–H and O–H groups in total. The van der Waals surface area contributed by atoms with Gasteiger partial charge in [-0.3, -0.25) is 4.79 Å². The van der Waals surface area contributed by atoms with Crippen molar-refractivity contribution < 1.29 is 9.21 Å². The van der Waals surface area contributed by atoms with Crippen LogP contribution in [0.2, 0.25) is 0 Å². The van der Waals surface area contributed by atoms with Crippen LogP contribution < -0.4 is 16.0 Å². The monoisotopic (exact) mass is 302 g/mol. The molecule has 22 heavy (non-hydrogen) atoms. The first-order chi connectivity index (χ1) is 10.6.